The van der Waals surface area contributed by atoms with Gasteiger partial charge in [-0.25, -0.2) is 0 Å². The lowest BCUT2D eigenvalue weighted by molar-refractivity contribution is -0.148. The van der Waals surface area contributed by atoms with Crippen LogP contribution in [0.15, 0.2) is 97.1 Å². The monoisotopic (exact) mass is 485 g/mol. The quantitative estimate of drug-likeness (QED) is 0.242. The predicted octanol–water partition coefficient (Wildman–Crippen LogP) is 6.44. The van der Waals surface area contributed by atoms with Crippen LogP contribution in [0.5, 0.6) is 5.75 Å². The summed E-state index contributed by atoms with van der Waals surface area (Å²) in [5.41, 5.74) is 3.34. The Balaban J connectivity index is 1.83. The van der Waals surface area contributed by atoms with E-state index in [-0.39, 0.29) is 11.9 Å². The highest BCUT2D eigenvalue weighted by molar-refractivity contribution is 7.12. The van der Waals surface area contributed by atoms with Crippen molar-refractivity contribution in [3.8, 4) is 5.75 Å². The van der Waals surface area contributed by atoms with Crippen molar-refractivity contribution in [3.05, 3.63) is 124 Å². The van der Waals surface area contributed by atoms with Crippen LogP contribution in [0.4, 0.5) is 0 Å². The van der Waals surface area contributed by atoms with E-state index in [0.717, 1.165) is 27.3 Å². The number of methoxy groups -OCH3 is 2. The predicted molar refractivity (Wildman–Crippen MR) is 142 cm³/mol. The van der Waals surface area contributed by atoms with Gasteiger partial charge in [0.15, 0.2) is 0 Å². The summed E-state index contributed by atoms with van der Waals surface area (Å²) >= 11 is 1.72. The third-order valence-corrected chi connectivity index (χ3v) is 7.24. The molecule has 0 spiro atoms. The first-order chi connectivity index (χ1) is 17.1. The first-order valence-electron chi connectivity index (χ1n) is 11.7. The number of esters is 1. The molecule has 2 atom stereocenters. The first kappa shape index (κ1) is 24.7. The molecule has 0 amide bonds. The molecule has 0 aliphatic rings. The molecule has 5 heteroatoms. The third-order valence-electron chi connectivity index (χ3n) is 6.15. The summed E-state index contributed by atoms with van der Waals surface area (Å²) in [6, 6.07) is 32.3. The van der Waals surface area contributed by atoms with E-state index in [4.69, 9.17) is 9.47 Å². The van der Waals surface area contributed by atoms with Crippen molar-refractivity contribution in [2.75, 3.05) is 14.2 Å². The van der Waals surface area contributed by atoms with Gasteiger partial charge < -0.3 is 9.47 Å². The Morgan fingerprint density at radius 1 is 0.800 bits per heavy atom. The van der Waals surface area contributed by atoms with Gasteiger partial charge in [-0.05, 0) is 47.9 Å². The van der Waals surface area contributed by atoms with Gasteiger partial charge in [0.2, 0.25) is 0 Å². The lowest BCUT2D eigenvalue weighted by Crippen LogP contribution is -2.45. The number of aryl methyl sites for hydroxylation is 1. The Bertz CT molecular complexity index is 1160. The van der Waals surface area contributed by atoms with Crippen molar-refractivity contribution in [2.24, 2.45) is 0 Å². The maximum absolute atomic E-state index is 13.6. The van der Waals surface area contributed by atoms with Gasteiger partial charge in [-0.1, -0.05) is 72.8 Å². The highest BCUT2D eigenvalue weighted by Crippen LogP contribution is 2.37. The second kappa shape index (κ2) is 11.8. The number of carbonyl (C=O) groups is 1. The molecule has 1 aromatic heterocycles. The number of ether oxygens (including phenoxy) is 2. The molecule has 4 rings (SSSR count). The number of hydrogen-bond donors (Lipinski definition) is 0. The highest BCUT2D eigenvalue weighted by atomic mass is 32.1. The minimum atomic E-state index is -0.521. The van der Waals surface area contributed by atoms with E-state index in [9.17, 15) is 4.79 Å². The Morgan fingerprint density at radius 3 is 1.83 bits per heavy atom. The fraction of sp³-hybridized carbons (Fsp3) is 0.233. The Kier molecular flexibility index (Phi) is 8.35. The number of hydrogen-bond acceptors (Lipinski definition) is 5. The molecule has 0 unspecified atom stereocenters. The Morgan fingerprint density at radius 2 is 1.37 bits per heavy atom. The van der Waals surface area contributed by atoms with Crippen LogP contribution in [0.1, 0.15) is 32.4 Å². The molecule has 0 bridgehead atoms. The van der Waals surface area contributed by atoms with E-state index in [2.05, 4.69) is 60.4 Å². The molecule has 0 saturated carbocycles. The van der Waals surface area contributed by atoms with E-state index >= 15 is 0 Å². The zero-order valence-electron chi connectivity index (χ0n) is 20.4. The average molecular weight is 486 g/mol. The maximum Gasteiger partial charge on any atom is 0.324 e. The van der Waals surface area contributed by atoms with Crippen LogP contribution in [-0.2, 0) is 22.6 Å². The molecule has 35 heavy (non-hydrogen) atoms. The van der Waals surface area contributed by atoms with Gasteiger partial charge in [-0.15, -0.1) is 11.3 Å². The van der Waals surface area contributed by atoms with Gasteiger partial charge in [0.25, 0.3) is 0 Å². The molecule has 0 aliphatic carbocycles. The molecule has 0 aliphatic heterocycles. The second-order valence-electron chi connectivity index (χ2n) is 8.54. The zero-order valence-corrected chi connectivity index (χ0v) is 21.2. The molecule has 1 heterocycles. The van der Waals surface area contributed by atoms with Crippen LogP contribution in [0.2, 0.25) is 0 Å². The molecule has 0 N–H and O–H groups in total. The summed E-state index contributed by atoms with van der Waals surface area (Å²) in [6.45, 7) is 3.33. The summed E-state index contributed by atoms with van der Waals surface area (Å²) in [7, 11) is 3.14. The van der Waals surface area contributed by atoms with Crippen molar-refractivity contribution in [2.45, 2.75) is 32.0 Å². The molecule has 4 aromatic rings. The summed E-state index contributed by atoms with van der Waals surface area (Å²) in [6.07, 6.45) is 0. The number of thiophene rings is 1. The molecule has 3 aromatic carbocycles. The maximum atomic E-state index is 13.6. The van der Waals surface area contributed by atoms with E-state index < -0.39 is 6.04 Å². The highest BCUT2D eigenvalue weighted by Gasteiger charge is 2.37. The average Bonchev–Trinajstić information content (AvgIpc) is 3.33. The number of nitrogens with zero attached hydrogens (tertiary/aromatic N) is 1. The van der Waals surface area contributed by atoms with Crippen LogP contribution in [0.3, 0.4) is 0 Å². The van der Waals surface area contributed by atoms with E-state index in [0.29, 0.717) is 13.1 Å². The normalized spacial score (nSPS) is 12.8. The van der Waals surface area contributed by atoms with Crippen molar-refractivity contribution in [1.29, 1.82) is 0 Å². The summed E-state index contributed by atoms with van der Waals surface area (Å²) < 4.78 is 10.8. The minimum Gasteiger partial charge on any atom is -0.497 e. The van der Waals surface area contributed by atoms with Crippen molar-refractivity contribution >= 4 is 17.3 Å². The molecule has 0 fully saturated rings. The molecular formula is C30H31NO3S. The number of carbonyl (C=O) groups excluding carboxylic acids is 1. The standard InChI is InChI=1S/C30H31NO3S/c1-22-14-19-27(35-22)28(25-15-17-26(33-2)18-16-25)29(30(32)34-3)31(20-23-10-6-4-7-11-23)21-24-12-8-5-9-13-24/h4-19,28-29H,20-21H2,1-3H3/t28-,29+/m1/s1. The molecule has 180 valence electrons. The first-order valence-corrected chi connectivity index (χ1v) is 12.5. The van der Waals surface area contributed by atoms with Gasteiger partial charge in [-0.3, -0.25) is 9.69 Å². The smallest absolute Gasteiger partial charge is 0.324 e. The summed E-state index contributed by atoms with van der Waals surface area (Å²) in [4.78, 5) is 18.1. The molecule has 0 radical (unpaired) electrons. The minimum absolute atomic E-state index is 0.195. The molecule has 4 nitrogen and oxygen atoms in total. The van der Waals surface area contributed by atoms with Gasteiger partial charge >= 0.3 is 5.97 Å². The zero-order chi connectivity index (χ0) is 24.6. The van der Waals surface area contributed by atoms with Crippen LogP contribution in [0.25, 0.3) is 0 Å². The van der Waals surface area contributed by atoms with Gasteiger partial charge in [0.05, 0.1) is 14.2 Å². The SMILES string of the molecule is COC(=O)[C@H]([C@H](c1ccc(OC)cc1)c1ccc(C)s1)N(Cc1ccccc1)Cc1ccccc1. The topological polar surface area (TPSA) is 38.8 Å². The largest absolute Gasteiger partial charge is 0.497 e. The van der Waals surface area contributed by atoms with Crippen LogP contribution in [-0.4, -0.2) is 31.1 Å². The summed E-state index contributed by atoms with van der Waals surface area (Å²) in [5.74, 6) is 0.345. The fourth-order valence-electron chi connectivity index (χ4n) is 4.44. The Hall–Kier alpha value is -3.41. The van der Waals surface area contributed by atoms with Gasteiger partial charge in [0.1, 0.15) is 11.8 Å². The fourth-order valence-corrected chi connectivity index (χ4v) is 5.48. The number of rotatable bonds is 10. The second-order valence-corrected chi connectivity index (χ2v) is 9.86. The molecule has 0 saturated heterocycles. The van der Waals surface area contributed by atoms with Crippen molar-refractivity contribution in [3.63, 3.8) is 0 Å². The van der Waals surface area contributed by atoms with Crippen molar-refractivity contribution in [1.82, 2.24) is 4.90 Å². The van der Waals surface area contributed by atoms with Crippen LogP contribution < -0.4 is 4.74 Å². The van der Waals surface area contributed by atoms with Crippen LogP contribution in [0, 0.1) is 6.92 Å². The Labute approximate surface area is 211 Å². The lowest BCUT2D eigenvalue weighted by Gasteiger charge is -2.35. The van der Waals surface area contributed by atoms with Gasteiger partial charge in [-0.2, -0.15) is 0 Å². The van der Waals surface area contributed by atoms with Crippen LogP contribution >= 0.6 is 11.3 Å². The van der Waals surface area contributed by atoms with E-state index in [1.165, 1.54) is 12.0 Å². The van der Waals surface area contributed by atoms with E-state index in [1.54, 1.807) is 18.4 Å². The summed E-state index contributed by atoms with van der Waals surface area (Å²) in [5, 5.41) is 0. The van der Waals surface area contributed by atoms with E-state index in [1.807, 2.05) is 48.5 Å². The van der Waals surface area contributed by atoms with Crippen molar-refractivity contribution < 1.29 is 14.3 Å². The van der Waals surface area contributed by atoms with Gasteiger partial charge in [0, 0.05) is 28.8 Å². The molecular weight excluding hydrogens is 454 g/mol. The number of benzene rings is 3. The third kappa shape index (κ3) is 6.18. The lowest BCUT2D eigenvalue weighted by atomic mass is 9.88.